The number of carboxylic acid groups (broad SMARTS) is 1. The molecule has 0 spiro atoms. The molecule has 3 N–H and O–H groups in total. The lowest BCUT2D eigenvalue weighted by Crippen LogP contribution is -2.54. The van der Waals surface area contributed by atoms with Crippen molar-refractivity contribution in [1.82, 2.24) is 10.6 Å². The zero-order valence-electron chi connectivity index (χ0n) is 13.2. The summed E-state index contributed by atoms with van der Waals surface area (Å²) in [7, 11) is 0. The number of carbonyl (C=O) groups is 2. The molecule has 0 aromatic rings. The van der Waals surface area contributed by atoms with E-state index in [0.717, 1.165) is 12.8 Å². The molecule has 1 aliphatic carbocycles. The van der Waals surface area contributed by atoms with Crippen LogP contribution in [0.5, 0.6) is 0 Å². The van der Waals surface area contributed by atoms with Crippen LogP contribution in [-0.2, 0) is 4.79 Å². The van der Waals surface area contributed by atoms with E-state index in [-0.39, 0.29) is 12.1 Å². The molecule has 0 aromatic carbocycles. The Balaban J connectivity index is 2.56. The number of aliphatic carboxylic acids is 1. The number of carboxylic acids is 1. The number of hydrogen-bond donors (Lipinski definition) is 3. The molecular weight excluding hydrogens is 256 g/mol. The predicted molar refractivity (Wildman–Crippen MR) is 78.5 cm³/mol. The third-order valence-corrected chi connectivity index (χ3v) is 3.90. The second-order valence-corrected chi connectivity index (χ2v) is 7.37. The quantitative estimate of drug-likeness (QED) is 0.745. The first-order chi connectivity index (χ1) is 9.09. The van der Waals surface area contributed by atoms with Crippen LogP contribution in [0.25, 0.3) is 0 Å². The summed E-state index contributed by atoms with van der Waals surface area (Å²) in [5.41, 5.74) is -0.518. The van der Waals surface area contributed by atoms with Gasteiger partial charge in [-0.2, -0.15) is 0 Å². The Bertz CT molecular complexity index is 353. The second-order valence-electron chi connectivity index (χ2n) is 7.37. The molecular formula is C15H28N2O3. The van der Waals surface area contributed by atoms with E-state index in [4.69, 9.17) is 0 Å². The van der Waals surface area contributed by atoms with Crippen LogP contribution in [0.2, 0.25) is 0 Å². The van der Waals surface area contributed by atoms with E-state index in [1.807, 2.05) is 0 Å². The maximum atomic E-state index is 12.0. The van der Waals surface area contributed by atoms with E-state index in [1.54, 1.807) is 20.8 Å². The van der Waals surface area contributed by atoms with E-state index < -0.39 is 17.4 Å². The van der Waals surface area contributed by atoms with Gasteiger partial charge in [-0.15, -0.1) is 0 Å². The van der Waals surface area contributed by atoms with Crippen molar-refractivity contribution in [1.29, 1.82) is 0 Å². The highest BCUT2D eigenvalue weighted by molar-refractivity contribution is 5.83. The van der Waals surface area contributed by atoms with Gasteiger partial charge in [0, 0.05) is 6.04 Å². The number of urea groups is 1. The molecule has 0 saturated heterocycles. The van der Waals surface area contributed by atoms with Crippen LogP contribution in [0.3, 0.4) is 0 Å². The molecule has 3 atom stereocenters. The van der Waals surface area contributed by atoms with Gasteiger partial charge in [-0.25, -0.2) is 9.59 Å². The van der Waals surface area contributed by atoms with Crippen molar-refractivity contribution < 1.29 is 14.7 Å². The molecule has 3 unspecified atom stereocenters. The van der Waals surface area contributed by atoms with Crippen molar-refractivity contribution in [2.24, 2.45) is 17.3 Å². The fourth-order valence-electron chi connectivity index (χ4n) is 3.07. The van der Waals surface area contributed by atoms with Crippen molar-refractivity contribution in [2.45, 2.75) is 66.0 Å². The van der Waals surface area contributed by atoms with Gasteiger partial charge in [0.1, 0.15) is 6.04 Å². The largest absolute Gasteiger partial charge is 0.480 e. The SMILES string of the molecule is CC1CC(C)CC(NC(=O)NC(C(=O)O)C(C)(C)C)C1. The Morgan fingerprint density at radius 1 is 1.10 bits per heavy atom. The van der Waals surface area contributed by atoms with Crippen LogP contribution in [-0.4, -0.2) is 29.2 Å². The van der Waals surface area contributed by atoms with E-state index in [0.29, 0.717) is 11.8 Å². The van der Waals surface area contributed by atoms with Gasteiger partial charge in [-0.1, -0.05) is 34.6 Å². The van der Waals surface area contributed by atoms with Gasteiger partial charge in [-0.05, 0) is 36.5 Å². The summed E-state index contributed by atoms with van der Waals surface area (Å²) in [4.78, 5) is 23.2. The first kappa shape index (κ1) is 16.8. The summed E-state index contributed by atoms with van der Waals surface area (Å²) in [6, 6.07) is -1.12. The molecule has 1 saturated carbocycles. The molecule has 1 fully saturated rings. The summed E-state index contributed by atoms with van der Waals surface area (Å²) < 4.78 is 0. The summed E-state index contributed by atoms with van der Waals surface area (Å²) in [6.07, 6.45) is 3.12. The molecule has 5 heteroatoms. The van der Waals surface area contributed by atoms with Crippen LogP contribution in [0.15, 0.2) is 0 Å². The summed E-state index contributed by atoms with van der Waals surface area (Å²) in [6.45, 7) is 9.79. The average molecular weight is 284 g/mol. The maximum absolute atomic E-state index is 12.0. The van der Waals surface area contributed by atoms with Crippen LogP contribution in [0, 0.1) is 17.3 Å². The molecule has 116 valence electrons. The normalized spacial score (nSPS) is 28.6. The lowest BCUT2D eigenvalue weighted by atomic mass is 9.80. The van der Waals surface area contributed by atoms with Gasteiger partial charge in [0.2, 0.25) is 0 Å². The molecule has 1 rings (SSSR count). The van der Waals surface area contributed by atoms with Crippen LogP contribution >= 0.6 is 0 Å². The minimum atomic E-state index is -1.00. The average Bonchev–Trinajstić information content (AvgIpc) is 2.22. The molecule has 0 aliphatic heterocycles. The Morgan fingerprint density at radius 3 is 2.00 bits per heavy atom. The molecule has 0 bridgehead atoms. The lowest BCUT2D eigenvalue weighted by Gasteiger charge is -2.33. The summed E-state index contributed by atoms with van der Waals surface area (Å²) in [5.74, 6) is 0.196. The Kier molecular flexibility index (Phi) is 5.42. The standard InChI is InChI=1S/C15H28N2O3/c1-9-6-10(2)8-11(7-9)16-14(20)17-12(13(18)19)15(3,4)5/h9-12H,6-8H2,1-5H3,(H,18,19)(H2,16,17,20). The van der Waals surface area contributed by atoms with Crippen molar-refractivity contribution in [3.8, 4) is 0 Å². The van der Waals surface area contributed by atoms with Crippen LogP contribution in [0.4, 0.5) is 4.79 Å². The van der Waals surface area contributed by atoms with Crippen LogP contribution in [0.1, 0.15) is 53.9 Å². The van der Waals surface area contributed by atoms with Gasteiger partial charge in [0.05, 0.1) is 0 Å². The van der Waals surface area contributed by atoms with Crippen molar-refractivity contribution in [2.75, 3.05) is 0 Å². The zero-order chi connectivity index (χ0) is 15.5. The fraction of sp³-hybridized carbons (Fsp3) is 0.867. The number of rotatable bonds is 3. The van der Waals surface area contributed by atoms with E-state index in [9.17, 15) is 14.7 Å². The summed E-state index contributed by atoms with van der Waals surface area (Å²) >= 11 is 0. The number of amides is 2. The Morgan fingerprint density at radius 2 is 1.60 bits per heavy atom. The fourth-order valence-corrected chi connectivity index (χ4v) is 3.07. The van der Waals surface area contributed by atoms with Crippen LogP contribution < -0.4 is 10.6 Å². The molecule has 20 heavy (non-hydrogen) atoms. The highest BCUT2D eigenvalue weighted by atomic mass is 16.4. The third-order valence-electron chi connectivity index (χ3n) is 3.90. The topological polar surface area (TPSA) is 78.4 Å². The predicted octanol–water partition coefficient (Wildman–Crippen LogP) is 2.61. The van der Waals surface area contributed by atoms with Gasteiger partial charge in [0.25, 0.3) is 0 Å². The van der Waals surface area contributed by atoms with Gasteiger partial charge in [0.15, 0.2) is 0 Å². The second kappa shape index (κ2) is 6.46. The van der Waals surface area contributed by atoms with E-state index >= 15 is 0 Å². The molecule has 1 aliphatic rings. The minimum absolute atomic E-state index is 0.142. The highest BCUT2D eigenvalue weighted by Gasteiger charge is 2.33. The van der Waals surface area contributed by atoms with Gasteiger partial charge >= 0.3 is 12.0 Å². The van der Waals surface area contributed by atoms with Crippen molar-refractivity contribution >= 4 is 12.0 Å². The van der Waals surface area contributed by atoms with Crippen molar-refractivity contribution in [3.63, 3.8) is 0 Å². The smallest absolute Gasteiger partial charge is 0.326 e. The first-order valence-electron chi connectivity index (χ1n) is 7.39. The molecule has 0 heterocycles. The monoisotopic (exact) mass is 284 g/mol. The molecule has 0 aromatic heterocycles. The number of hydrogen-bond acceptors (Lipinski definition) is 2. The lowest BCUT2D eigenvalue weighted by molar-refractivity contribution is -0.141. The number of carbonyl (C=O) groups excluding carboxylic acids is 1. The number of nitrogens with one attached hydrogen (secondary N) is 2. The van der Waals surface area contributed by atoms with E-state index in [2.05, 4.69) is 24.5 Å². The Labute approximate surface area is 121 Å². The van der Waals surface area contributed by atoms with E-state index in [1.165, 1.54) is 6.42 Å². The zero-order valence-corrected chi connectivity index (χ0v) is 13.2. The third kappa shape index (κ3) is 5.02. The molecule has 5 nitrogen and oxygen atoms in total. The summed E-state index contributed by atoms with van der Waals surface area (Å²) in [5, 5.41) is 14.7. The minimum Gasteiger partial charge on any atom is -0.480 e. The van der Waals surface area contributed by atoms with Gasteiger partial charge < -0.3 is 15.7 Å². The van der Waals surface area contributed by atoms with Gasteiger partial charge in [-0.3, -0.25) is 0 Å². The van der Waals surface area contributed by atoms with Crippen molar-refractivity contribution in [3.05, 3.63) is 0 Å². The highest BCUT2D eigenvalue weighted by Crippen LogP contribution is 2.28. The Hall–Kier alpha value is -1.26. The first-order valence-corrected chi connectivity index (χ1v) is 7.39. The molecule has 2 amide bonds. The molecule has 0 radical (unpaired) electrons. The maximum Gasteiger partial charge on any atom is 0.326 e.